The highest BCUT2D eigenvalue weighted by atomic mass is 35.5. The van der Waals surface area contributed by atoms with Crippen LogP contribution in [0.1, 0.15) is 37.8 Å². The van der Waals surface area contributed by atoms with Crippen LogP contribution in [0.3, 0.4) is 0 Å². The van der Waals surface area contributed by atoms with Crippen LogP contribution in [-0.2, 0) is 26.2 Å². The standard InChI is InChI=1S/C30H36ClN3O4S2/c1-5-19-32-30(36)28(6-2)33(20-23-9-7-8-10-27(23)31)29(35)21-34(24-13-11-22(3)12-14-24)40(37,38)26-17-15-25(39-4)16-18-26/h7-18,28H,5-6,19-21H2,1-4H3,(H,32,36)/t28-/m0/s1. The largest absolute Gasteiger partial charge is 0.354 e. The summed E-state index contributed by atoms with van der Waals surface area (Å²) in [5, 5.41) is 3.34. The van der Waals surface area contributed by atoms with E-state index in [1.54, 1.807) is 66.7 Å². The highest BCUT2D eigenvalue weighted by Crippen LogP contribution is 2.27. The molecule has 0 saturated carbocycles. The van der Waals surface area contributed by atoms with Gasteiger partial charge in [-0.3, -0.25) is 13.9 Å². The Bertz CT molecular complexity index is 1400. The molecule has 0 saturated heterocycles. The molecule has 3 rings (SSSR count). The molecule has 0 spiro atoms. The normalized spacial score (nSPS) is 12.0. The van der Waals surface area contributed by atoms with Crippen molar-refractivity contribution in [2.24, 2.45) is 0 Å². The van der Waals surface area contributed by atoms with Crippen molar-refractivity contribution in [3.05, 3.63) is 88.9 Å². The van der Waals surface area contributed by atoms with Gasteiger partial charge in [0.25, 0.3) is 10.0 Å². The predicted octanol–water partition coefficient (Wildman–Crippen LogP) is 5.90. The number of benzene rings is 3. The van der Waals surface area contributed by atoms with E-state index in [0.29, 0.717) is 29.2 Å². The van der Waals surface area contributed by atoms with Crippen LogP contribution in [0.2, 0.25) is 5.02 Å². The number of carbonyl (C=O) groups is 2. The monoisotopic (exact) mass is 601 g/mol. The lowest BCUT2D eigenvalue weighted by atomic mass is 10.1. The number of anilines is 1. The lowest BCUT2D eigenvalue weighted by Crippen LogP contribution is -2.52. The zero-order chi connectivity index (χ0) is 29.3. The number of thioether (sulfide) groups is 1. The van der Waals surface area contributed by atoms with Crippen molar-refractivity contribution < 1.29 is 18.0 Å². The first-order chi connectivity index (χ1) is 19.1. The number of amides is 2. The maximum absolute atomic E-state index is 14.1. The highest BCUT2D eigenvalue weighted by Gasteiger charge is 2.33. The van der Waals surface area contributed by atoms with E-state index in [4.69, 9.17) is 11.6 Å². The topological polar surface area (TPSA) is 86.8 Å². The Morgan fingerprint density at radius 3 is 2.20 bits per heavy atom. The number of nitrogens with one attached hydrogen (secondary N) is 1. The van der Waals surface area contributed by atoms with Gasteiger partial charge in [0, 0.05) is 23.0 Å². The van der Waals surface area contributed by atoms with Crippen molar-refractivity contribution in [2.75, 3.05) is 23.7 Å². The third kappa shape index (κ3) is 7.80. The molecule has 3 aromatic carbocycles. The summed E-state index contributed by atoms with van der Waals surface area (Å²) in [5.74, 6) is -0.801. The molecular formula is C30H36ClN3O4S2. The van der Waals surface area contributed by atoms with Crippen LogP contribution in [0.4, 0.5) is 5.69 Å². The summed E-state index contributed by atoms with van der Waals surface area (Å²) in [6, 6.07) is 19.8. The van der Waals surface area contributed by atoms with E-state index in [0.717, 1.165) is 21.2 Å². The minimum Gasteiger partial charge on any atom is -0.354 e. The molecule has 0 aliphatic carbocycles. The second-order valence-corrected chi connectivity index (χ2v) is 12.5. The number of aryl methyl sites for hydroxylation is 1. The second kappa shape index (κ2) is 14.6. The summed E-state index contributed by atoms with van der Waals surface area (Å²) in [7, 11) is -4.12. The quantitative estimate of drug-likeness (QED) is 0.247. The first-order valence-corrected chi connectivity index (χ1v) is 16.2. The van der Waals surface area contributed by atoms with E-state index in [9.17, 15) is 18.0 Å². The summed E-state index contributed by atoms with van der Waals surface area (Å²) >= 11 is 7.94. The van der Waals surface area contributed by atoms with Crippen molar-refractivity contribution in [3.63, 3.8) is 0 Å². The molecule has 1 atom stereocenters. The molecule has 0 aliphatic heterocycles. The Morgan fingerprint density at radius 2 is 1.62 bits per heavy atom. The number of hydrogen-bond acceptors (Lipinski definition) is 5. The fraction of sp³-hybridized carbons (Fsp3) is 0.333. The van der Waals surface area contributed by atoms with Gasteiger partial charge in [-0.15, -0.1) is 11.8 Å². The minimum absolute atomic E-state index is 0.0563. The van der Waals surface area contributed by atoms with Gasteiger partial charge in [-0.1, -0.05) is 61.3 Å². The van der Waals surface area contributed by atoms with Crippen LogP contribution in [0.15, 0.2) is 82.6 Å². The molecule has 214 valence electrons. The number of halogens is 1. The lowest BCUT2D eigenvalue weighted by molar-refractivity contribution is -0.140. The third-order valence-corrected chi connectivity index (χ3v) is 9.38. The Labute approximate surface area is 247 Å². The van der Waals surface area contributed by atoms with Crippen molar-refractivity contribution in [3.8, 4) is 0 Å². The Balaban J connectivity index is 2.05. The van der Waals surface area contributed by atoms with Crippen LogP contribution in [0.25, 0.3) is 0 Å². The smallest absolute Gasteiger partial charge is 0.264 e. The predicted molar refractivity (Wildman–Crippen MR) is 163 cm³/mol. The number of nitrogens with zero attached hydrogens (tertiary/aromatic N) is 2. The van der Waals surface area contributed by atoms with Gasteiger partial charge in [-0.05, 0) is 74.0 Å². The molecule has 1 N–H and O–H groups in total. The van der Waals surface area contributed by atoms with Gasteiger partial charge in [-0.25, -0.2) is 8.42 Å². The number of sulfonamides is 1. The van der Waals surface area contributed by atoms with Gasteiger partial charge in [0.05, 0.1) is 10.6 Å². The van der Waals surface area contributed by atoms with Crippen molar-refractivity contribution >= 4 is 50.9 Å². The van der Waals surface area contributed by atoms with Crippen LogP contribution < -0.4 is 9.62 Å². The highest BCUT2D eigenvalue weighted by molar-refractivity contribution is 7.98. The van der Waals surface area contributed by atoms with Crippen LogP contribution in [-0.4, -0.2) is 50.5 Å². The van der Waals surface area contributed by atoms with E-state index in [1.807, 2.05) is 33.1 Å². The number of rotatable bonds is 13. The van der Waals surface area contributed by atoms with Gasteiger partial charge < -0.3 is 10.2 Å². The summed E-state index contributed by atoms with van der Waals surface area (Å²) in [4.78, 5) is 29.6. The average molecular weight is 602 g/mol. The maximum atomic E-state index is 14.1. The molecule has 2 amide bonds. The molecule has 7 nitrogen and oxygen atoms in total. The fourth-order valence-corrected chi connectivity index (χ4v) is 6.23. The van der Waals surface area contributed by atoms with Crippen molar-refractivity contribution in [1.82, 2.24) is 10.2 Å². The van der Waals surface area contributed by atoms with E-state index in [1.165, 1.54) is 16.7 Å². The zero-order valence-corrected chi connectivity index (χ0v) is 25.7. The van der Waals surface area contributed by atoms with Gasteiger partial charge in [0.1, 0.15) is 12.6 Å². The van der Waals surface area contributed by atoms with E-state index >= 15 is 0 Å². The molecule has 0 aliphatic rings. The summed E-state index contributed by atoms with van der Waals surface area (Å²) in [6.07, 6.45) is 3.00. The van der Waals surface area contributed by atoms with E-state index < -0.39 is 28.5 Å². The van der Waals surface area contributed by atoms with Gasteiger partial charge in [0.15, 0.2) is 0 Å². The molecule has 0 bridgehead atoms. The molecule has 0 radical (unpaired) electrons. The molecular weight excluding hydrogens is 566 g/mol. The summed E-state index contributed by atoms with van der Waals surface area (Å²) in [5.41, 5.74) is 1.97. The molecule has 0 unspecified atom stereocenters. The minimum atomic E-state index is -4.12. The molecule has 0 aromatic heterocycles. The molecule has 0 fully saturated rings. The Hall–Kier alpha value is -3.01. The van der Waals surface area contributed by atoms with Gasteiger partial charge in [0.2, 0.25) is 11.8 Å². The van der Waals surface area contributed by atoms with Crippen LogP contribution in [0.5, 0.6) is 0 Å². The second-order valence-electron chi connectivity index (χ2n) is 9.35. The molecule has 3 aromatic rings. The molecule has 40 heavy (non-hydrogen) atoms. The SMILES string of the molecule is CCCNC(=O)[C@H](CC)N(Cc1ccccc1Cl)C(=O)CN(c1ccc(C)cc1)S(=O)(=O)c1ccc(SC)cc1. The van der Waals surface area contributed by atoms with Crippen molar-refractivity contribution in [2.45, 2.75) is 56.0 Å². The first kappa shape index (κ1) is 31.5. The first-order valence-electron chi connectivity index (χ1n) is 13.2. The average Bonchev–Trinajstić information content (AvgIpc) is 2.96. The summed E-state index contributed by atoms with van der Waals surface area (Å²) in [6.45, 7) is 5.72. The van der Waals surface area contributed by atoms with Crippen LogP contribution >= 0.6 is 23.4 Å². The fourth-order valence-electron chi connectivity index (χ4n) is 4.21. The number of hydrogen-bond donors (Lipinski definition) is 1. The van der Waals surface area contributed by atoms with Gasteiger partial charge in [-0.2, -0.15) is 0 Å². The van der Waals surface area contributed by atoms with E-state index in [2.05, 4.69) is 5.32 Å². The molecule has 0 heterocycles. The maximum Gasteiger partial charge on any atom is 0.264 e. The zero-order valence-electron chi connectivity index (χ0n) is 23.3. The lowest BCUT2D eigenvalue weighted by Gasteiger charge is -2.33. The summed E-state index contributed by atoms with van der Waals surface area (Å²) < 4.78 is 29.0. The Morgan fingerprint density at radius 1 is 0.975 bits per heavy atom. The van der Waals surface area contributed by atoms with E-state index in [-0.39, 0.29) is 17.3 Å². The number of carbonyl (C=O) groups excluding carboxylic acids is 2. The van der Waals surface area contributed by atoms with Crippen LogP contribution in [0, 0.1) is 6.92 Å². The van der Waals surface area contributed by atoms with Gasteiger partial charge >= 0.3 is 0 Å². The Kier molecular flexibility index (Phi) is 11.5. The molecule has 10 heteroatoms. The third-order valence-electron chi connectivity index (χ3n) is 6.48. The van der Waals surface area contributed by atoms with Crippen molar-refractivity contribution in [1.29, 1.82) is 0 Å².